The summed E-state index contributed by atoms with van der Waals surface area (Å²) in [6.45, 7) is 12.9. The maximum atomic E-state index is 3.62. The van der Waals surface area contributed by atoms with Gasteiger partial charge >= 0.3 is 0 Å². The molecule has 0 aliphatic heterocycles. The molecule has 1 N–H and O–H groups in total. The molecule has 1 fully saturated rings. The lowest BCUT2D eigenvalue weighted by molar-refractivity contribution is 0.0498. The number of hydrogen-bond acceptors (Lipinski definition) is 1. The summed E-state index contributed by atoms with van der Waals surface area (Å²) >= 11 is 0. The fourth-order valence-electron chi connectivity index (χ4n) is 2.31. The van der Waals surface area contributed by atoms with Crippen LogP contribution in [0.25, 0.3) is 0 Å². The molecular formula is C13H27N. The van der Waals surface area contributed by atoms with Gasteiger partial charge in [-0.15, -0.1) is 0 Å². The van der Waals surface area contributed by atoms with Crippen molar-refractivity contribution in [3.8, 4) is 0 Å². The first-order chi connectivity index (χ1) is 6.47. The lowest BCUT2D eigenvalue weighted by Gasteiger charge is -2.46. The van der Waals surface area contributed by atoms with Gasteiger partial charge in [0.15, 0.2) is 0 Å². The summed E-state index contributed by atoms with van der Waals surface area (Å²) in [7, 11) is 0. The Hall–Kier alpha value is -0.0400. The van der Waals surface area contributed by atoms with Gasteiger partial charge in [-0.2, -0.15) is 0 Å². The van der Waals surface area contributed by atoms with E-state index in [1.54, 1.807) is 0 Å². The van der Waals surface area contributed by atoms with Gasteiger partial charge in [-0.25, -0.2) is 0 Å². The first-order valence-corrected chi connectivity index (χ1v) is 6.20. The fraction of sp³-hybridized carbons (Fsp3) is 1.00. The molecule has 1 aliphatic carbocycles. The highest BCUT2D eigenvalue weighted by Gasteiger charge is 2.39. The van der Waals surface area contributed by atoms with Crippen LogP contribution in [0, 0.1) is 17.3 Å². The normalized spacial score (nSPS) is 22.5. The van der Waals surface area contributed by atoms with Gasteiger partial charge in [0.25, 0.3) is 0 Å². The maximum Gasteiger partial charge on any atom is 0.00126 e. The summed E-state index contributed by atoms with van der Waals surface area (Å²) in [4.78, 5) is 0. The average molecular weight is 197 g/mol. The molecule has 0 saturated heterocycles. The van der Waals surface area contributed by atoms with Gasteiger partial charge in [0.05, 0.1) is 0 Å². The molecule has 84 valence electrons. The van der Waals surface area contributed by atoms with E-state index >= 15 is 0 Å². The summed E-state index contributed by atoms with van der Waals surface area (Å²) in [5, 5.41) is 3.62. The highest BCUT2D eigenvalue weighted by atomic mass is 14.9. The summed E-state index contributed by atoms with van der Waals surface area (Å²) in [6.07, 6.45) is 4.36. The second kappa shape index (κ2) is 4.65. The van der Waals surface area contributed by atoms with Crippen LogP contribution >= 0.6 is 0 Å². The van der Waals surface area contributed by atoms with E-state index in [9.17, 15) is 0 Å². The van der Waals surface area contributed by atoms with Crippen molar-refractivity contribution in [3.63, 3.8) is 0 Å². The minimum absolute atomic E-state index is 0.516. The largest absolute Gasteiger partial charge is 0.314 e. The summed E-state index contributed by atoms with van der Waals surface area (Å²) < 4.78 is 0. The molecule has 14 heavy (non-hydrogen) atoms. The minimum Gasteiger partial charge on any atom is -0.314 e. The molecule has 1 saturated carbocycles. The van der Waals surface area contributed by atoms with Crippen LogP contribution in [-0.4, -0.2) is 12.6 Å². The summed E-state index contributed by atoms with van der Waals surface area (Å²) in [5.41, 5.74) is 0.516. The van der Waals surface area contributed by atoms with E-state index in [0.717, 1.165) is 11.8 Å². The molecule has 0 aromatic heterocycles. The summed E-state index contributed by atoms with van der Waals surface area (Å²) in [5.74, 6) is 1.76. The predicted octanol–water partition coefficient (Wildman–Crippen LogP) is 3.45. The molecule has 0 spiro atoms. The topological polar surface area (TPSA) is 12.0 Å². The van der Waals surface area contributed by atoms with Gasteiger partial charge < -0.3 is 5.32 Å². The monoisotopic (exact) mass is 197 g/mol. The number of nitrogens with one attached hydrogen (secondary N) is 1. The molecule has 0 aromatic carbocycles. The van der Waals surface area contributed by atoms with Gasteiger partial charge in [0.2, 0.25) is 0 Å². The Morgan fingerprint density at radius 1 is 1.21 bits per heavy atom. The van der Waals surface area contributed by atoms with E-state index < -0.39 is 0 Å². The Morgan fingerprint density at radius 3 is 2.07 bits per heavy atom. The van der Waals surface area contributed by atoms with Crippen molar-refractivity contribution < 1.29 is 0 Å². The molecule has 1 aliphatic rings. The van der Waals surface area contributed by atoms with Crippen LogP contribution in [0.2, 0.25) is 0 Å². The molecule has 0 amide bonds. The lowest BCUT2D eigenvalue weighted by Crippen LogP contribution is -2.46. The highest BCUT2D eigenvalue weighted by Crippen LogP contribution is 2.46. The van der Waals surface area contributed by atoms with E-state index in [1.165, 1.54) is 25.8 Å². The van der Waals surface area contributed by atoms with Gasteiger partial charge in [-0.05, 0) is 30.1 Å². The van der Waals surface area contributed by atoms with Crippen molar-refractivity contribution in [2.75, 3.05) is 6.54 Å². The van der Waals surface area contributed by atoms with Crippen molar-refractivity contribution in [1.82, 2.24) is 5.32 Å². The van der Waals surface area contributed by atoms with Gasteiger partial charge in [0, 0.05) is 12.6 Å². The third kappa shape index (κ3) is 2.50. The molecule has 1 nitrogen and oxygen atoms in total. The zero-order valence-corrected chi connectivity index (χ0v) is 10.6. The third-order valence-corrected chi connectivity index (χ3v) is 4.25. The first kappa shape index (κ1) is 12.0. The average Bonchev–Trinajstić information content (AvgIpc) is 1.97. The van der Waals surface area contributed by atoms with Crippen LogP contribution in [0.5, 0.6) is 0 Å². The maximum absolute atomic E-state index is 3.62. The predicted molar refractivity (Wildman–Crippen MR) is 63.4 cm³/mol. The second-order valence-electron chi connectivity index (χ2n) is 5.82. The standard InChI is InChI=1S/C13H27N/c1-10(2)13(5,9-14-11(3)4)12-7-6-8-12/h10-12,14H,6-9H2,1-5H3. The number of rotatable bonds is 5. The zero-order valence-electron chi connectivity index (χ0n) is 10.6. The van der Waals surface area contributed by atoms with E-state index in [1.807, 2.05) is 0 Å². The van der Waals surface area contributed by atoms with Gasteiger partial charge in [0.1, 0.15) is 0 Å². The molecule has 0 aromatic rings. The molecule has 1 atom stereocenters. The Kier molecular flexibility index (Phi) is 4.00. The molecule has 1 heteroatoms. The third-order valence-electron chi connectivity index (χ3n) is 4.25. The van der Waals surface area contributed by atoms with Crippen molar-refractivity contribution in [1.29, 1.82) is 0 Å². The first-order valence-electron chi connectivity index (χ1n) is 6.20. The second-order valence-corrected chi connectivity index (χ2v) is 5.82. The lowest BCUT2D eigenvalue weighted by atomic mass is 9.61. The van der Waals surface area contributed by atoms with Crippen molar-refractivity contribution >= 4 is 0 Å². The van der Waals surface area contributed by atoms with E-state index in [4.69, 9.17) is 0 Å². The van der Waals surface area contributed by atoms with Crippen LogP contribution in [0.4, 0.5) is 0 Å². The Bertz CT molecular complexity index is 170. The van der Waals surface area contributed by atoms with Crippen LogP contribution in [-0.2, 0) is 0 Å². The fourth-order valence-corrected chi connectivity index (χ4v) is 2.31. The van der Waals surface area contributed by atoms with Crippen molar-refractivity contribution in [2.45, 2.75) is 59.9 Å². The molecule has 0 radical (unpaired) electrons. The summed E-state index contributed by atoms with van der Waals surface area (Å²) in [6, 6.07) is 0.619. The highest BCUT2D eigenvalue weighted by molar-refractivity contribution is 4.91. The molecule has 0 heterocycles. The van der Waals surface area contributed by atoms with Crippen molar-refractivity contribution in [3.05, 3.63) is 0 Å². The molecule has 0 bridgehead atoms. The SMILES string of the molecule is CC(C)NCC(C)(C(C)C)C1CCC1. The van der Waals surface area contributed by atoms with Gasteiger partial charge in [-0.1, -0.05) is 41.0 Å². The molecule has 1 rings (SSSR count). The van der Waals surface area contributed by atoms with Crippen LogP contribution < -0.4 is 5.32 Å². The number of hydrogen-bond donors (Lipinski definition) is 1. The van der Waals surface area contributed by atoms with Crippen molar-refractivity contribution in [2.24, 2.45) is 17.3 Å². The van der Waals surface area contributed by atoms with E-state index in [2.05, 4.69) is 39.9 Å². The molecule has 1 unspecified atom stereocenters. The smallest absolute Gasteiger partial charge is 0.00126 e. The Labute approximate surface area is 89.7 Å². The van der Waals surface area contributed by atoms with E-state index in [-0.39, 0.29) is 0 Å². The van der Waals surface area contributed by atoms with Crippen LogP contribution in [0.1, 0.15) is 53.9 Å². The quantitative estimate of drug-likeness (QED) is 0.712. The zero-order chi connectivity index (χ0) is 10.8. The Balaban J connectivity index is 2.52. The Morgan fingerprint density at radius 2 is 1.79 bits per heavy atom. The van der Waals surface area contributed by atoms with Crippen LogP contribution in [0.3, 0.4) is 0 Å². The molecular weight excluding hydrogens is 170 g/mol. The van der Waals surface area contributed by atoms with Crippen LogP contribution in [0.15, 0.2) is 0 Å². The van der Waals surface area contributed by atoms with Gasteiger partial charge in [-0.3, -0.25) is 0 Å². The minimum atomic E-state index is 0.516. The van der Waals surface area contributed by atoms with E-state index in [0.29, 0.717) is 11.5 Å².